The Kier molecular flexibility index (Phi) is 4.91. The summed E-state index contributed by atoms with van der Waals surface area (Å²) in [5.74, 6) is -0.0575. The highest BCUT2D eigenvalue weighted by Gasteiger charge is 2.32. The van der Waals surface area contributed by atoms with Gasteiger partial charge in [-0.2, -0.15) is 0 Å². The first kappa shape index (κ1) is 18.6. The third-order valence-electron chi connectivity index (χ3n) is 5.18. The molecule has 1 amide bonds. The molecule has 2 aromatic rings. The number of nitro groups is 1. The summed E-state index contributed by atoms with van der Waals surface area (Å²) >= 11 is 1.66. The Bertz CT molecular complexity index is 966. The molecule has 0 saturated carbocycles. The largest absolute Gasteiger partial charge is 0.353 e. The predicted octanol–water partition coefficient (Wildman–Crippen LogP) is 3.62. The van der Waals surface area contributed by atoms with Crippen LogP contribution in [-0.4, -0.2) is 34.5 Å². The van der Waals surface area contributed by atoms with Crippen molar-refractivity contribution in [1.29, 1.82) is 0 Å². The van der Waals surface area contributed by atoms with E-state index >= 15 is 0 Å². The summed E-state index contributed by atoms with van der Waals surface area (Å²) in [7, 11) is 0. The van der Waals surface area contributed by atoms with Gasteiger partial charge in [0.1, 0.15) is 11.2 Å². The van der Waals surface area contributed by atoms with E-state index in [9.17, 15) is 14.9 Å². The Balaban J connectivity index is 1.53. The Hall–Kier alpha value is -2.71. The Morgan fingerprint density at radius 2 is 2.18 bits per heavy atom. The molecule has 1 aromatic carbocycles. The summed E-state index contributed by atoms with van der Waals surface area (Å²) in [6.45, 7) is 6.24. The van der Waals surface area contributed by atoms with Gasteiger partial charge in [-0.15, -0.1) is 11.3 Å². The third kappa shape index (κ3) is 3.53. The van der Waals surface area contributed by atoms with Crippen molar-refractivity contribution in [2.45, 2.75) is 39.0 Å². The number of amides is 1. The van der Waals surface area contributed by atoms with Crippen LogP contribution >= 0.6 is 11.3 Å². The Morgan fingerprint density at radius 1 is 1.36 bits per heavy atom. The van der Waals surface area contributed by atoms with Gasteiger partial charge in [-0.3, -0.25) is 19.8 Å². The van der Waals surface area contributed by atoms with Crippen molar-refractivity contribution in [3.05, 3.63) is 62.0 Å². The maximum absolute atomic E-state index is 12.7. The van der Waals surface area contributed by atoms with Crippen molar-refractivity contribution in [1.82, 2.24) is 10.2 Å². The number of nitrogens with one attached hydrogen (secondary N) is 2. The van der Waals surface area contributed by atoms with Gasteiger partial charge >= 0.3 is 0 Å². The molecule has 0 unspecified atom stereocenters. The van der Waals surface area contributed by atoms with Gasteiger partial charge in [0.2, 0.25) is 0 Å². The second-order valence-electron chi connectivity index (χ2n) is 7.33. The second kappa shape index (κ2) is 7.37. The van der Waals surface area contributed by atoms with Crippen molar-refractivity contribution in [2.24, 2.45) is 0 Å². The Morgan fingerprint density at radius 3 is 2.93 bits per heavy atom. The van der Waals surface area contributed by atoms with Crippen LogP contribution in [0, 0.1) is 10.1 Å². The smallest absolute Gasteiger partial charge is 0.270 e. The second-order valence-corrected chi connectivity index (χ2v) is 8.43. The van der Waals surface area contributed by atoms with Gasteiger partial charge in [0.15, 0.2) is 0 Å². The van der Waals surface area contributed by atoms with Crippen LogP contribution in [0.2, 0.25) is 0 Å². The number of benzene rings is 1. The first-order valence-corrected chi connectivity index (χ1v) is 10.1. The molecular weight excluding hydrogens is 376 g/mol. The molecule has 0 spiro atoms. The molecule has 2 aliphatic heterocycles. The van der Waals surface area contributed by atoms with Gasteiger partial charge in [-0.25, -0.2) is 0 Å². The lowest BCUT2D eigenvalue weighted by atomic mass is 10.0. The first-order chi connectivity index (χ1) is 13.4. The predicted molar refractivity (Wildman–Crippen MR) is 111 cm³/mol. The maximum atomic E-state index is 12.7. The van der Waals surface area contributed by atoms with Crippen molar-refractivity contribution >= 4 is 34.0 Å². The number of hydrogen-bond donors (Lipinski definition) is 2. The number of rotatable bonds is 4. The zero-order valence-corrected chi connectivity index (χ0v) is 16.6. The zero-order valence-electron chi connectivity index (χ0n) is 15.8. The minimum Gasteiger partial charge on any atom is -0.353 e. The van der Waals surface area contributed by atoms with Gasteiger partial charge in [0, 0.05) is 36.1 Å². The summed E-state index contributed by atoms with van der Waals surface area (Å²) in [5.41, 5.74) is 2.71. The summed E-state index contributed by atoms with van der Waals surface area (Å²) in [4.78, 5) is 26.9. The first-order valence-electron chi connectivity index (χ1n) is 9.31. The molecule has 0 radical (unpaired) electrons. The molecule has 1 atom stereocenters. The topological polar surface area (TPSA) is 87.5 Å². The third-order valence-corrected chi connectivity index (χ3v) is 6.33. The van der Waals surface area contributed by atoms with Crippen molar-refractivity contribution in [2.75, 3.05) is 11.9 Å². The molecule has 2 N–H and O–H groups in total. The molecule has 28 heavy (non-hydrogen) atoms. The van der Waals surface area contributed by atoms with Crippen LogP contribution < -0.4 is 10.6 Å². The van der Waals surface area contributed by atoms with Crippen molar-refractivity contribution < 1.29 is 9.72 Å². The lowest BCUT2D eigenvalue weighted by molar-refractivity contribution is -0.384. The maximum Gasteiger partial charge on any atom is 0.270 e. The number of carbonyl (C=O) groups is 1. The van der Waals surface area contributed by atoms with E-state index in [1.54, 1.807) is 29.5 Å². The highest BCUT2D eigenvalue weighted by molar-refractivity contribution is 7.16. The molecule has 7 nitrogen and oxygen atoms in total. The molecule has 146 valence electrons. The fourth-order valence-electron chi connectivity index (χ4n) is 3.64. The minimum atomic E-state index is -0.416. The van der Waals surface area contributed by atoms with E-state index in [0.717, 1.165) is 30.1 Å². The van der Waals surface area contributed by atoms with Crippen LogP contribution in [0.4, 0.5) is 10.7 Å². The fraction of sp³-hybridized carbons (Fsp3) is 0.350. The van der Waals surface area contributed by atoms with E-state index in [-0.39, 0.29) is 17.8 Å². The van der Waals surface area contributed by atoms with Crippen molar-refractivity contribution in [3.63, 3.8) is 0 Å². The van der Waals surface area contributed by atoms with E-state index in [1.807, 2.05) is 6.08 Å². The fourth-order valence-corrected chi connectivity index (χ4v) is 4.95. The van der Waals surface area contributed by atoms with E-state index in [4.69, 9.17) is 0 Å². The molecule has 0 bridgehead atoms. The lowest BCUT2D eigenvalue weighted by Crippen LogP contribution is -2.43. The average molecular weight is 398 g/mol. The highest BCUT2D eigenvalue weighted by Crippen LogP contribution is 2.39. The Labute approximate surface area is 167 Å². The number of thiophene rings is 1. The van der Waals surface area contributed by atoms with Gasteiger partial charge in [-0.1, -0.05) is 18.2 Å². The number of nitro benzene ring substituents is 1. The molecule has 3 heterocycles. The highest BCUT2D eigenvalue weighted by atomic mass is 32.1. The van der Waals surface area contributed by atoms with Crippen LogP contribution in [0.1, 0.15) is 40.2 Å². The lowest BCUT2D eigenvalue weighted by Gasteiger charge is -2.30. The van der Waals surface area contributed by atoms with Gasteiger partial charge in [-0.05, 0) is 37.5 Å². The molecular formula is C20H22N4O3S. The molecule has 8 heteroatoms. The SMILES string of the molecule is CC(C)N1CCc2c(sc3c2C(=O)N[C@@H](/C=C\c2cccc([N+](=O)[O-])c2)N3)C1. The van der Waals surface area contributed by atoms with Crippen molar-refractivity contribution in [3.8, 4) is 0 Å². The average Bonchev–Trinajstić information content (AvgIpc) is 3.04. The zero-order chi connectivity index (χ0) is 19.8. The van der Waals surface area contributed by atoms with Crippen LogP contribution in [0.3, 0.4) is 0 Å². The van der Waals surface area contributed by atoms with Gasteiger partial charge < -0.3 is 10.6 Å². The molecule has 0 aliphatic carbocycles. The minimum absolute atomic E-state index is 0.0470. The molecule has 4 rings (SSSR count). The summed E-state index contributed by atoms with van der Waals surface area (Å²) < 4.78 is 0. The van der Waals surface area contributed by atoms with Crippen LogP contribution in [0.15, 0.2) is 30.3 Å². The number of fused-ring (bicyclic) bond motifs is 3. The standard InChI is InChI=1S/C20H22N4O3S/c1-12(2)23-9-8-15-16(11-23)28-20-18(15)19(25)21-17(22-20)7-6-13-4-3-5-14(10-13)24(26)27/h3-7,10,12,17,22H,8-9,11H2,1-2H3,(H,21,25)/b7-6-/t17-/m1/s1. The van der Waals surface area contributed by atoms with Gasteiger partial charge in [0.25, 0.3) is 11.6 Å². The van der Waals surface area contributed by atoms with Crippen LogP contribution in [0.25, 0.3) is 6.08 Å². The summed E-state index contributed by atoms with van der Waals surface area (Å²) in [6, 6.07) is 6.90. The van der Waals surface area contributed by atoms with E-state index in [2.05, 4.69) is 29.4 Å². The quantitative estimate of drug-likeness (QED) is 0.607. The van der Waals surface area contributed by atoms with Crippen LogP contribution in [0.5, 0.6) is 0 Å². The van der Waals surface area contributed by atoms with E-state index < -0.39 is 4.92 Å². The summed E-state index contributed by atoms with van der Waals surface area (Å²) in [5, 5.41) is 18.2. The number of hydrogen-bond acceptors (Lipinski definition) is 6. The molecule has 2 aliphatic rings. The number of carbonyl (C=O) groups excluding carboxylic acids is 1. The van der Waals surface area contributed by atoms with Gasteiger partial charge in [0.05, 0.1) is 10.5 Å². The van der Waals surface area contributed by atoms with Crippen LogP contribution in [-0.2, 0) is 13.0 Å². The van der Waals surface area contributed by atoms with E-state index in [1.165, 1.54) is 22.6 Å². The monoisotopic (exact) mass is 398 g/mol. The molecule has 0 fully saturated rings. The molecule has 1 aromatic heterocycles. The molecule has 0 saturated heterocycles. The van der Waals surface area contributed by atoms with E-state index in [0.29, 0.717) is 11.6 Å². The summed E-state index contributed by atoms with van der Waals surface area (Å²) in [6.07, 6.45) is 4.14. The normalized spacial score (nSPS) is 19.2. The number of anilines is 1. The number of non-ortho nitro benzene ring substituents is 1. The number of nitrogens with zero attached hydrogens (tertiary/aromatic N) is 2.